The zero-order chi connectivity index (χ0) is 19.4. The van der Waals surface area contributed by atoms with Gasteiger partial charge in [0.25, 0.3) is 0 Å². The second-order valence-corrected chi connectivity index (χ2v) is 7.18. The molecule has 1 saturated heterocycles. The lowest BCUT2D eigenvalue weighted by molar-refractivity contribution is -0.128. The summed E-state index contributed by atoms with van der Waals surface area (Å²) in [5.74, 6) is 0.0181. The number of likely N-dealkylation sites (tertiary alicyclic amines) is 1. The minimum atomic E-state index is -0.283. The second-order valence-electron chi connectivity index (χ2n) is 7.18. The van der Waals surface area contributed by atoms with Gasteiger partial charge in [0.15, 0.2) is 0 Å². The summed E-state index contributed by atoms with van der Waals surface area (Å²) in [5, 5.41) is 12.9. The summed E-state index contributed by atoms with van der Waals surface area (Å²) in [6.45, 7) is 7.36. The number of nitriles is 1. The Hall–Kier alpha value is -2.94. The van der Waals surface area contributed by atoms with Gasteiger partial charge in [-0.15, -0.1) is 0 Å². The van der Waals surface area contributed by atoms with Gasteiger partial charge in [-0.05, 0) is 42.9 Å². The normalized spacial score (nSPS) is 19.1. The van der Waals surface area contributed by atoms with Crippen molar-refractivity contribution in [1.82, 2.24) is 14.7 Å². The van der Waals surface area contributed by atoms with Crippen molar-refractivity contribution in [3.63, 3.8) is 0 Å². The quantitative estimate of drug-likeness (QED) is 0.730. The average molecular weight is 366 g/mol. The number of carbonyl (C=O) groups is 1. The third kappa shape index (κ3) is 4.43. The Bertz CT molecular complexity index is 882. The Morgan fingerprint density at radius 3 is 3.00 bits per heavy atom. The number of hydrogen-bond acceptors (Lipinski definition) is 3. The van der Waals surface area contributed by atoms with Gasteiger partial charge in [-0.3, -0.25) is 9.48 Å². The Kier molecular flexibility index (Phi) is 5.70. The van der Waals surface area contributed by atoms with E-state index in [0.29, 0.717) is 43.0 Å². The molecular formula is C21H23FN4O. The molecule has 1 aliphatic rings. The lowest BCUT2D eigenvalue weighted by atomic mass is 10.0. The molecule has 1 aromatic heterocycles. The molecule has 2 heterocycles. The van der Waals surface area contributed by atoms with Crippen molar-refractivity contribution in [2.24, 2.45) is 5.92 Å². The van der Waals surface area contributed by atoms with Gasteiger partial charge in [-0.1, -0.05) is 25.6 Å². The molecule has 0 radical (unpaired) electrons. The van der Waals surface area contributed by atoms with Gasteiger partial charge in [0.05, 0.1) is 17.8 Å². The summed E-state index contributed by atoms with van der Waals surface area (Å²) in [6.07, 6.45) is 5.31. The molecule has 27 heavy (non-hydrogen) atoms. The fourth-order valence-corrected chi connectivity index (χ4v) is 3.61. The summed E-state index contributed by atoms with van der Waals surface area (Å²) in [4.78, 5) is 14.7. The van der Waals surface area contributed by atoms with E-state index < -0.39 is 0 Å². The van der Waals surface area contributed by atoms with Crippen LogP contribution in [0.25, 0.3) is 0 Å². The van der Waals surface area contributed by atoms with E-state index in [1.54, 1.807) is 16.9 Å². The predicted molar refractivity (Wildman–Crippen MR) is 100.0 cm³/mol. The van der Waals surface area contributed by atoms with Gasteiger partial charge in [0.1, 0.15) is 11.9 Å². The van der Waals surface area contributed by atoms with Crippen molar-refractivity contribution in [3.8, 4) is 6.07 Å². The van der Waals surface area contributed by atoms with Crippen LogP contribution in [0.4, 0.5) is 4.39 Å². The summed E-state index contributed by atoms with van der Waals surface area (Å²) < 4.78 is 15.3. The van der Waals surface area contributed by atoms with Crippen LogP contribution in [0.3, 0.4) is 0 Å². The molecule has 0 saturated carbocycles. The van der Waals surface area contributed by atoms with Crippen molar-refractivity contribution in [3.05, 3.63) is 65.8 Å². The van der Waals surface area contributed by atoms with Crippen LogP contribution < -0.4 is 0 Å². The Labute approximate surface area is 158 Å². The maximum Gasteiger partial charge on any atom is 0.249 e. The molecule has 1 fully saturated rings. The first-order valence-electron chi connectivity index (χ1n) is 9.14. The van der Waals surface area contributed by atoms with E-state index in [1.807, 2.05) is 17.0 Å². The van der Waals surface area contributed by atoms with Crippen LogP contribution in [-0.2, 0) is 11.3 Å². The van der Waals surface area contributed by atoms with E-state index >= 15 is 0 Å². The van der Waals surface area contributed by atoms with Crippen LogP contribution in [0.15, 0.2) is 48.8 Å². The molecule has 1 amide bonds. The molecule has 3 rings (SSSR count). The number of aryl methyl sites for hydroxylation is 1. The van der Waals surface area contributed by atoms with Gasteiger partial charge in [-0.25, -0.2) is 4.39 Å². The molecule has 6 heteroatoms. The molecule has 5 nitrogen and oxygen atoms in total. The zero-order valence-corrected chi connectivity index (χ0v) is 15.4. The summed E-state index contributed by atoms with van der Waals surface area (Å²) in [5.41, 5.74) is 1.91. The SMILES string of the molecule is C=C(CCCn1cc(C#N)cn1)C(=O)N1CC(C)CC1c1cccc(F)c1. The van der Waals surface area contributed by atoms with Crippen LogP contribution in [0, 0.1) is 23.1 Å². The first-order valence-corrected chi connectivity index (χ1v) is 9.14. The lowest BCUT2D eigenvalue weighted by Gasteiger charge is -2.26. The highest BCUT2D eigenvalue weighted by atomic mass is 19.1. The van der Waals surface area contributed by atoms with Crippen molar-refractivity contribution >= 4 is 5.91 Å². The standard InChI is InChI=1S/C21H23FN4O/c1-15-9-20(18-6-3-7-19(22)10-18)26(13-15)21(27)16(2)5-4-8-25-14-17(11-23)12-24-25/h3,6-7,10,12,14-15,20H,2,4-5,8-9,13H2,1H3. The fraction of sp³-hybridized carbons (Fsp3) is 0.381. The molecule has 1 aliphatic heterocycles. The summed E-state index contributed by atoms with van der Waals surface area (Å²) >= 11 is 0. The first kappa shape index (κ1) is 18.8. The van der Waals surface area contributed by atoms with Crippen LogP contribution in [0.5, 0.6) is 0 Å². The molecule has 2 atom stereocenters. The van der Waals surface area contributed by atoms with E-state index in [9.17, 15) is 9.18 Å². The van der Waals surface area contributed by atoms with Crippen LogP contribution >= 0.6 is 0 Å². The van der Waals surface area contributed by atoms with Crippen molar-refractivity contribution in [1.29, 1.82) is 5.26 Å². The highest BCUT2D eigenvalue weighted by molar-refractivity contribution is 5.93. The Balaban J connectivity index is 1.60. The van der Waals surface area contributed by atoms with Gasteiger partial charge in [-0.2, -0.15) is 10.4 Å². The minimum Gasteiger partial charge on any atom is -0.332 e. The minimum absolute atomic E-state index is 0.0632. The molecule has 0 aliphatic carbocycles. The van der Waals surface area contributed by atoms with Crippen LogP contribution in [0.2, 0.25) is 0 Å². The highest BCUT2D eigenvalue weighted by Gasteiger charge is 2.34. The second kappa shape index (κ2) is 8.17. The zero-order valence-electron chi connectivity index (χ0n) is 15.4. The molecule has 0 N–H and O–H groups in total. The largest absolute Gasteiger partial charge is 0.332 e. The average Bonchev–Trinajstić information content (AvgIpc) is 3.27. The molecular weight excluding hydrogens is 343 g/mol. The number of amides is 1. The van der Waals surface area contributed by atoms with Crippen molar-refractivity contribution in [2.45, 2.75) is 38.8 Å². The fourth-order valence-electron chi connectivity index (χ4n) is 3.61. The number of aromatic nitrogens is 2. The predicted octanol–water partition coefficient (Wildman–Crippen LogP) is 3.84. The Morgan fingerprint density at radius 1 is 1.48 bits per heavy atom. The van der Waals surface area contributed by atoms with E-state index in [0.717, 1.165) is 12.0 Å². The van der Waals surface area contributed by atoms with E-state index in [4.69, 9.17) is 5.26 Å². The highest BCUT2D eigenvalue weighted by Crippen LogP contribution is 2.36. The third-order valence-electron chi connectivity index (χ3n) is 4.94. The molecule has 2 unspecified atom stereocenters. The molecule has 1 aromatic carbocycles. The Morgan fingerprint density at radius 2 is 2.30 bits per heavy atom. The van der Waals surface area contributed by atoms with Gasteiger partial charge in [0.2, 0.25) is 5.91 Å². The van der Waals surface area contributed by atoms with Gasteiger partial charge >= 0.3 is 0 Å². The summed E-state index contributed by atoms with van der Waals surface area (Å²) in [7, 11) is 0. The van der Waals surface area contributed by atoms with Crippen molar-refractivity contribution in [2.75, 3.05) is 6.54 Å². The summed E-state index contributed by atoms with van der Waals surface area (Å²) in [6, 6.07) is 8.42. The maximum absolute atomic E-state index is 13.6. The molecule has 2 aromatic rings. The topological polar surface area (TPSA) is 61.9 Å². The number of halogens is 1. The van der Waals surface area contributed by atoms with E-state index in [1.165, 1.54) is 18.3 Å². The van der Waals surface area contributed by atoms with Crippen LogP contribution in [-0.4, -0.2) is 27.1 Å². The molecule has 0 bridgehead atoms. The number of benzene rings is 1. The third-order valence-corrected chi connectivity index (χ3v) is 4.94. The lowest BCUT2D eigenvalue weighted by Crippen LogP contribution is -2.32. The smallest absolute Gasteiger partial charge is 0.249 e. The monoisotopic (exact) mass is 366 g/mol. The molecule has 0 spiro atoms. The van der Waals surface area contributed by atoms with Gasteiger partial charge in [0, 0.05) is 24.9 Å². The van der Waals surface area contributed by atoms with E-state index in [-0.39, 0.29) is 17.8 Å². The van der Waals surface area contributed by atoms with Gasteiger partial charge < -0.3 is 4.90 Å². The molecule has 140 valence electrons. The van der Waals surface area contributed by atoms with Crippen molar-refractivity contribution < 1.29 is 9.18 Å². The first-order chi connectivity index (χ1) is 13.0. The number of hydrogen-bond donors (Lipinski definition) is 0. The maximum atomic E-state index is 13.6. The van der Waals surface area contributed by atoms with E-state index in [2.05, 4.69) is 18.6 Å². The number of nitrogens with zero attached hydrogens (tertiary/aromatic N) is 4. The number of rotatable bonds is 6. The number of carbonyl (C=O) groups excluding carboxylic acids is 1. The van der Waals surface area contributed by atoms with Crippen LogP contribution in [0.1, 0.15) is 43.4 Å².